The molecule has 5 heteroatoms. The topological polar surface area (TPSA) is 34.0 Å². The van der Waals surface area contributed by atoms with Crippen LogP contribution in [0.1, 0.15) is 5.56 Å². The second-order valence-corrected chi connectivity index (χ2v) is 3.72. The van der Waals surface area contributed by atoms with Gasteiger partial charge < -0.3 is 4.90 Å². The summed E-state index contributed by atoms with van der Waals surface area (Å²) in [6.07, 6.45) is 4.72. The summed E-state index contributed by atoms with van der Waals surface area (Å²) in [5, 5.41) is 4.26. The Labute approximate surface area is 93.3 Å². The lowest BCUT2D eigenvalue weighted by molar-refractivity contribution is 0.618. The average molecular weight is 220 g/mol. The minimum absolute atomic E-state index is 0.313. The van der Waals surface area contributed by atoms with Crippen molar-refractivity contribution in [2.45, 2.75) is 6.54 Å². The molecular weight excluding hydrogens is 207 g/mol. The maximum Gasteiger partial charge on any atom is 0.150 e. The summed E-state index contributed by atoms with van der Waals surface area (Å²) in [6.45, 7) is 0.585. The van der Waals surface area contributed by atoms with E-state index in [0.29, 0.717) is 6.54 Å². The molecule has 0 saturated carbocycles. The van der Waals surface area contributed by atoms with E-state index in [0.717, 1.165) is 11.4 Å². The van der Waals surface area contributed by atoms with Crippen molar-refractivity contribution in [1.82, 2.24) is 14.8 Å². The van der Waals surface area contributed by atoms with E-state index in [9.17, 15) is 4.39 Å². The zero-order valence-electron chi connectivity index (χ0n) is 9.26. The molecule has 0 aliphatic rings. The highest BCUT2D eigenvalue weighted by atomic mass is 19.1. The summed E-state index contributed by atoms with van der Waals surface area (Å²) in [7, 11) is 3.77. The first kappa shape index (κ1) is 10.6. The van der Waals surface area contributed by atoms with Gasteiger partial charge in [0.25, 0.3) is 0 Å². The monoisotopic (exact) mass is 220 g/mol. The molecule has 0 aliphatic heterocycles. The SMILES string of the molecule is CN(Cc1cncc(F)c1)c1ccn(C)n1. The number of halogens is 1. The molecule has 0 fully saturated rings. The van der Waals surface area contributed by atoms with Crippen LogP contribution in [0.15, 0.2) is 30.7 Å². The van der Waals surface area contributed by atoms with Crippen LogP contribution in [-0.4, -0.2) is 21.8 Å². The molecule has 84 valence electrons. The van der Waals surface area contributed by atoms with Gasteiger partial charge in [-0.3, -0.25) is 9.67 Å². The third kappa shape index (κ3) is 2.36. The number of pyridine rings is 1. The van der Waals surface area contributed by atoms with Crippen molar-refractivity contribution in [1.29, 1.82) is 0 Å². The van der Waals surface area contributed by atoms with Crippen LogP contribution in [0, 0.1) is 5.82 Å². The Balaban J connectivity index is 2.10. The third-order valence-corrected chi connectivity index (χ3v) is 2.27. The van der Waals surface area contributed by atoms with E-state index in [2.05, 4.69) is 10.1 Å². The van der Waals surface area contributed by atoms with Gasteiger partial charge in [-0.05, 0) is 11.6 Å². The van der Waals surface area contributed by atoms with Gasteiger partial charge in [-0.25, -0.2) is 4.39 Å². The van der Waals surface area contributed by atoms with Crippen molar-refractivity contribution >= 4 is 5.82 Å². The Bertz CT molecular complexity index is 480. The van der Waals surface area contributed by atoms with E-state index in [4.69, 9.17) is 0 Å². The lowest BCUT2D eigenvalue weighted by atomic mass is 10.2. The number of hydrogen-bond acceptors (Lipinski definition) is 3. The van der Waals surface area contributed by atoms with Crippen LogP contribution in [-0.2, 0) is 13.6 Å². The van der Waals surface area contributed by atoms with Gasteiger partial charge in [-0.1, -0.05) is 0 Å². The van der Waals surface area contributed by atoms with E-state index in [1.807, 2.05) is 31.3 Å². The van der Waals surface area contributed by atoms with Gasteiger partial charge in [0, 0.05) is 39.1 Å². The highest BCUT2D eigenvalue weighted by molar-refractivity contribution is 5.36. The van der Waals surface area contributed by atoms with Crippen molar-refractivity contribution in [3.63, 3.8) is 0 Å². The lowest BCUT2D eigenvalue weighted by Gasteiger charge is -2.15. The van der Waals surface area contributed by atoms with Crippen LogP contribution in [0.5, 0.6) is 0 Å². The Morgan fingerprint density at radius 1 is 1.44 bits per heavy atom. The van der Waals surface area contributed by atoms with E-state index in [1.165, 1.54) is 12.3 Å². The summed E-state index contributed by atoms with van der Waals surface area (Å²) in [6, 6.07) is 3.39. The van der Waals surface area contributed by atoms with Crippen LogP contribution in [0.25, 0.3) is 0 Å². The fraction of sp³-hybridized carbons (Fsp3) is 0.273. The minimum Gasteiger partial charge on any atom is -0.354 e. The normalized spacial score (nSPS) is 10.4. The summed E-state index contributed by atoms with van der Waals surface area (Å²) >= 11 is 0. The summed E-state index contributed by atoms with van der Waals surface area (Å²) in [4.78, 5) is 5.75. The zero-order chi connectivity index (χ0) is 11.5. The molecule has 2 aromatic rings. The van der Waals surface area contributed by atoms with Crippen LogP contribution < -0.4 is 4.90 Å². The molecule has 0 aromatic carbocycles. The molecule has 0 N–H and O–H groups in total. The summed E-state index contributed by atoms with van der Waals surface area (Å²) < 4.78 is 14.7. The second-order valence-electron chi connectivity index (χ2n) is 3.72. The number of nitrogens with zero attached hydrogens (tertiary/aromatic N) is 4. The molecule has 4 nitrogen and oxygen atoms in total. The van der Waals surface area contributed by atoms with Gasteiger partial charge in [-0.15, -0.1) is 0 Å². The van der Waals surface area contributed by atoms with E-state index in [1.54, 1.807) is 10.9 Å². The standard InChI is InChI=1S/C11H13FN4/c1-15(11-3-4-16(2)14-11)8-9-5-10(12)7-13-6-9/h3-7H,8H2,1-2H3. The van der Waals surface area contributed by atoms with Gasteiger partial charge in [0.2, 0.25) is 0 Å². The van der Waals surface area contributed by atoms with E-state index < -0.39 is 0 Å². The van der Waals surface area contributed by atoms with Crippen molar-refractivity contribution < 1.29 is 4.39 Å². The van der Waals surface area contributed by atoms with Gasteiger partial charge in [0.15, 0.2) is 5.82 Å². The molecule has 0 unspecified atom stereocenters. The van der Waals surface area contributed by atoms with Gasteiger partial charge in [0.05, 0.1) is 6.20 Å². The van der Waals surface area contributed by atoms with E-state index >= 15 is 0 Å². The summed E-state index contributed by atoms with van der Waals surface area (Å²) in [5.41, 5.74) is 0.827. The highest BCUT2D eigenvalue weighted by Crippen LogP contribution is 2.12. The maximum atomic E-state index is 12.9. The van der Waals surface area contributed by atoms with Crippen molar-refractivity contribution in [3.05, 3.63) is 42.1 Å². The molecule has 16 heavy (non-hydrogen) atoms. The summed E-state index contributed by atoms with van der Waals surface area (Å²) in [5.74, 6) is 0.540. The molecule has 0 aliphatic carbocycles. The third-order valence-electron chi connectivity index (χ3n) is 2.27. The maximum absolute atomic E-state index is 12.9. The lowest BCUT2D eigenvalue weighted by Crippen LogP contribution is -2.17. The zero-order valence-corrected chi connectivity index (χ0v) is 9.26. The molecule has 2 aromatic heterocycles. The Morgan fingerprint density at radius 2 is 2.25 bits per heavy atom. The molecule has 0 amide bonds. The first-order valence-electron chi connectivity index (χ1n) is 4.95. The Hall–Kier alpha value is -1.91. The second kappa shape index (κ2) is 4.30. The molecule has 0 saturated heterocycles. The van der Waals surface area contributed by atoms with Gasteiger partial charge >= 0.3 is 0 Å². The predicted octanol–water partition coefficient (Wildman–Crippen LogP) is 1.59. The van der Waals surface area contributed by atoms with Crippen molar-refractivity contribution in [2.75, 3.05) is 11.9 Å². The smallest absolute Gasteiger partial charge is 0.150 e. The molecule has 0 bridgehead atoms. The van der Waals surface area contributed by atoms with Crippen LogP contribution >= 0.6 is 0 Å². The van der Waals surface area contributed by atoms with Crippen LogP contribution in [0.3, 0.4) is 0 Å². The fourth-order valence-corrected chi connectivity index (χ4v) is 1.50. The van der Waals surface area contributed by atoms with Crippen LogP contribution in [0.4, 0.5) is 10.2 Å². The van der Waals surface area contributed by atoms with E-state index in [-0.39, 0.29) is 5.82 Å². The first-order chi connectivity index (χ1) is 7.65. The minimum atomic E-state index is -0.313. The van der Waals surface area contributed by atoms with Crippen molar-refractivity contribution in [2.24, 2.45) is 7.05 Å². The Morgan fingerprint density at radius 3 is 2.88 bits per heavy atom. The number of aryl methyl sites for hydroxylation is 1. The molecule has 2 rings (SSSR count). The molecular formula is C11H13FN4. The van der Waals surface area contributed by atoms with Gasteiger partial charge in [0.1, 0.15) is 5.82 Å². The molecule has 0 radical (unpaired) electrons. The number of aromatic nitrogens is 3. The van der Waals surface area contributed by atoms with Gasteiger partial charge in [-0.2, -0.15) is 5.10 Å². The van der Waals surface area contributed by atoms with Crippen LogP contribution in [0.2, 0.25) is 0 Å². The Kier molecular flexibility index (Phi) is 2.85. The molecule has 0 spiro atoms. The van der Waals surface area contributed by atoms with Crippen molar-refractivity contribution in [3.8, 4) is 0 Å². The average Bonchev–Trinajstić information content (AvgIpc) is 2.65. The number of hydrogen-bond donors (Lipinski definition) is 0. The molecule has 2 heterocycles. The molecule has 0 atom stereocenters. The first-order valence-corrected chi connectivity index (χ1v) is 4.95. The highest BCUT2D eigenvalue weighted by Gasteiger charge is 2.05. The quantitative estimate of drug-likeness (QED) is 0.787. The fourth-order valence-electron chi connectivity index (χ4n) is 1.50. The predicted molar refractivity (Wildman–Crippen MR) is 59.5 cm³/mol. The number of rotatable bonds is 3. The number of anilines is 1. The largest absolute Gasteiger partial charge is 0.354 e.